The van der Waals surface area contributed by atoms with Gasteiger partial charge in [0, 0.05) is 43.2 Å². The van der Waals surface area contributed by atoms with Crippen LogP contribution in [0, 0.1) is 0 Å². The molecule has 1 saturated heterocycles. The van der Waals surface area contributed by atoms with Crippen LogP contribution in [0.15, 0.2) is 30.3 Å². The minimum Gasteiger partial charge on any atom is -0.464 e. The van der Waals surface area contributed by atoms with Crippen LogP contribution >= 0.6 is 11.6 Å². The Morgan fingerprint density at radius 2 is 1.61 bits per heavy atom. The lowest BCUT2D eigenvalue weighted by Crippen LogP contribution is -2.49. The molecule has 0 aliphatic carbocycles. The molecule has 8 heteroatoms. The summed E-state index contributed by atoms with van der Waals surface area (Å²) < 4.78 is 5.55. The summed E-state index contributed by atoms with van der Waals surface area (Å²) >= 11 is 6.31. The van der Waals surface area contributed by atoms with Gasteiger partial charge in [0.05, 0.1) is 11.4 Å². The van der Waals surface area contributed by atoms with Crippen molar-refractivity contribution in [1.82, 2.24) is 9.80 Å². The van der Waals surface area contributed by atoms with Crippen LogP contribution in [0.2, 0.25) is 5.02 Å². The Bertz CT molecular complexity index is 1250. The van der Waals surface area contributed by atoms with Gasteiger partial charge in [-0.15, -0.1) is 0 Å². The molecule has 2 aliphatic heterocycles. The lowest BCUT2D eigenvalue weighted by atomic mass is 9.66. The molecule has 0 saturated carbocycles. The van der Waals surface area contributed by atoms with Gasteiger partial charge in [0.1, 0.15) is 5.60 Å². The minimum absolute atomic E-state index is 0.232. The van der Waals surface area contributed by atoms with Gasteiger partial charge >= 0.3 is 12.2 Å². The molecular formula is C30H40ClN3O4. The van der Waals surface area contributed by atoms with E-state index in [1.165, 1.54) is 16.0 Å². The summed E-state index contributed by atoms with van der Waals surface area (Å²) in [5, 5.41) is 10.8. The number of carbonyl (C=O) groups excluding carboxylic acids is 1. The van der Waals surface area contributed by atoms with Crippen LogP contribution in [0.3, 0.4) is 0 Å². The van der Waals surface area contributed by atoms with Gasteiger partial charge in [-0.3, -0.25) is 4.90 Å². The van der Waals surface area contributed by atoms with Gasteiger partial charge in [-0.25, -0.2) is 14.5 Å². The maximum absolute atomic E-state index is 12.6. The van der Waals surface area contributed by atoms with Crippen molar-refractivity contribution >= 4 is 35.2 Å². The lowest BCUT2D eigenvalue weighted by molar-refractivity contribution is 0.0138. The van der Waals surface area contributed by atoms with E-state index in [1.807, 2.05) is 39.0 Å². The molecule has 2 aromatic carbocycles. The van der Waals surface area contributed by atoms with Crippen LogP contribution < -0.4 is 4.90 Å². The molecule has 0 unspecified atom stereocenters. The molecule has 38 heavy (non-hydrogen) atoms. The molecule has 1 fully saturated rings. The Labute approximate surface area is 231 Å². The fourth-order valence-corrected chi connectivity index (χ4v) is 5.95. The third-order valence-corrected chi connectivity index (χ3v) is 7.60. The summed E-state index contributed by atoms with van der Waals surface area (Å²) in [5.41, 5.74) is 4.42. The number of nitrogens with zero attached hydrogens (tertiary/aromatic N) is 3. The van der Waals surface area contributed by atoms with Crippen LogP contribution in [0.25, 0.3) is 0 Å². The summed E-state index contributed by atoms with van der Waals surface area (Å²) in [7, 11) is 0. The first-order valence-electron chi connectivity index (χ1n) is 13.2. The Hall–Kier alpha value is -2.77. The Morgan fingerprint density at radius 1 is 0.974 bits per heavy atom. The van der Waals surface area contributed by atoms with E-state index in [1.54, 1.807) is 11.0 Å². The van der Waals surface area contributed by atoms with Crippen molar-refractivity contribution in [1.29, 1.82) is 0 Å². The predicted molar refractivity (Wildman–Crippen MR) is 152 cm³/mol. The third kappa shape index (κ3) is 5.36. The van der Waals surface area contributed by atoms with Crippen molar-refractivity contribution in [2.75, 3.05) is 31.1 Å². The third-order valence-electron chi connectivity index (χ3n) is 7.37. The molecule has 4 rings (SSSR count). The Kier molecular flexibility index (Phi) is 7.25. The molecule has 0 bridgehead atoms. The quantitative estimate of drug-likeness (QED) is 0.437. The number of hydrogen-bond acceptors (Lipinski definition) is 4. The predicted octanol–water partition coefficient (Wildman–Crippen LogP) is 7.15. The molecule has 2 amide bonds. The molecule has 0 spiro atoms. The van der Waals surface area contributed by atoms with Crippen LogP contribution in [0.4, 0.5) is 21.0 Å². The second-order valence-electron chi connectivity index (χ2n) is 12.9. The van der Waals surface area contributed by atoms with Crippen molar-refractivity contribution in [3.8, 4) is 0 Å². The van der Waals surface area contributed by atoms with Crippen molar-refractivity contribution in [3.63, 3.8) is 0 Å². The fourth-order valence-electron chi connectivity index (χ4n) is 5.79. The van der Waals surface area contributed by atoms with Gasteiger partial charge in [0.25, 0.3) is 0 Å². The number of benzene rings is 2. The largest absolute Gasteiger partial charge is 0.464 e. The van der Waals surface area contributed by atoms with E-state index in [0.29, 0.717) is 29.5 Å². The lowest BCUT2D eigenvalue weighted by Gasteiger charge is -2.44. The molecule has 0 aromatic heterocycles. The molecule has 2 aromatic rings. The highest BCUT2D eigenvalue weighted by Crippen LogP contribution is 2.53. The van der Waals surface area contributed by atoms with Crippen molar-refractivity contribution in [2.24, 2.45) is 0 Å². The highest BCUT2D eigenvalue weighted by atomic mass is 35.5. The van der Waals surface area contributed by atoms with Gasteiger partial charge in [-0.1, -0.05) is 58.4 Å². The smallest absolute Gasteiger partial charge is 0.416 e. The van der Waals surface area contributed by atoms with E-state index in [9.17, 15) is 14.7 Å². The van der Waals surface area contributed by atoms with Crippen LogP contribution in [0.1, 0.15) is 77.6 Å². The summed E-state index contributed by atoms with van der Waals surface area (Å²) in [6, 6.07) is 9.53. The summed E-state index contributed by atoms with van der Waals surface area (Å²) in [4.78, 5) is 30.6. The van der Waals surface area contributed by atoms with Crippen LogP contribution in [-0.4, -0.2) is 58.9 Å². The normalized spacial score (nSPS) is 17.6. The number of hydrogen-bond donors (Lipinski definition) is 1. The van der Waals surface area contributed by atoms with Crippen molar-refractivity contribution in [2.45, 2.75) is 78.4 Å². The van der Waals surface area contributed by atoms with Crippen LogP contribution in [0.5, 0.6) is 0 Å². The number of piperazine rings is 1. The van der Waals surface area contributed by atoms with Crippen molar-refractivity contribution in [3.05, 3.63) is 57.6 Å². The second kappa shape index (κ2) is 9.76. The van der Waals surface area contributed by atoms with E-state index >= 15 is 0 Å². The Balaban J connectivity index is 1.71. The zero-order chi connectivity index (χ0) is 28.2. The van der Waals surface area contributed by atoms with E-state index < -0.39 is 17.1 Å². The summed E-state index contributed by atoms with van der Waals surface area (Å²) in [5.74, 6) is 0. The SMILES string of the molecule is CC(C)(C)OC(=O)N1CCN(Cc2ccc3c(c2C(C)(C)C)C(C)(C)c2ccc(Cl)cc2N3C(=O)O)CC1. The zero-order valence-electron chi connectivity index (χ0n) is 23.8. The molecule has 1 N–H and O–H groups in total. The number of rotatable bonds is 2. The topological polar surface area (TPSA) is 73.3 Å². The highest BCUT2D eigenvalue weighted by Gasteiger charge is 2.43. The molecule has 2 aliphatic rings. The highest BCUT2D eigenvalue weighted by molar-refractivity contribution is 6.31. The average Bonchev–Trinajstić information content (AvgIpc) is 2.77. The maximum atomic E-state index is 12.6. The number of ether oxygens (including phenoxy) is 1. The molecule has 206 valence electrons. The van der Waals surface area contributed by atoms with E-state index in [4.69, 9.17) is 16.3 Å². The van der Waals surface area contributed by atoms with Gasteiger partial charge in [-0.2, -0.15) is 0 Å². The molecule has 7 nitrogen and oxygen atoms in total. The molecular weight excluding hydrogens is 502 g/mol. The van der Waals surface area contributed by atoms with Crippen LogP contribution in [-0.2, 0) is 22.1 Å². The molecule has 2 heterocycles. The van der Waals surface area contributed by atoms with Crippen molar-refractivity contribution < 1.29 is 19.4 Å². The maximum Gasteiger partial charge on any atom is 0.416 e. The average molecular weight is 542 g/mol. The summed E-state index contributed by atoms with van der Waals surface area (Å²) in [6.45, 7) is 19.9. The number of carboxylic acid groups (broad SMARTS) is 1. The first kappa shape index (κ1) is 28.2. The first-order valence-corrected chi connectivity index (χ1v) is 13.6. The van der Waals surface area contributed by atoms with Gasteiger partial charge < -0.3 is 14.7 Å². The van der Waals surface area contributed by atoms with Gasteiger partial charge in [0.2, 0.25) is 0 Å². The first-order chi connectivity index (χ1) is 17.5. The second-order valence-corrected chi connectivity index (χ2v) is 13.3. The number of anilines is 2. The summed E-state index contributed by atoms with van der Waals surface area (Å²) in [6.07, 6.45) is -1.30. The standard InChI is InChI=1S/C30H40ClN3O4/c1-28(2,3)24-19(18-32-13-15-33(16-14-32)27(37)38-29(4,5)6)9-12-22-25(24)30(7,8)21-11-10-20(31)17-23(21)34(22)26(35)36/h9-12,17H,13-16,18H2,1-8H3,(H,35,36). The minimum atomic E-state index is -1.03. The molecule has 0 atom stereocenters. The van der Waals surface area contributed by atoms with E-state index in [2.05, 4.69) is 45.6 Å². The number of amides is 2. The number of halogens is 1. The van der Waals surface area contributed by atoms with E-state index in [-0.39, 0.29) is 11.5 Å². The monoisotopic (exact) mass is 541 g/mol. The molecule has 0 radical (unpaired) electrons. The zero-order valence-corrected chi connectivity index (χ0v) is 24.6. The fraction of sp³-hybridized carbons (Fsp3) is 0.533. The number of carbonyl (C=O) groups is 2. The Morgan fingerprint density at radius 3 is 2.16 bits per heavy atom. The van der Waals surface area contributed by atoms with Gasteiger partial charge in [0.15, 0.2) is 0 Å². The van der Waals surface area contributed by atoms with Gasteiger partial charge in [-0.05, 0) is 66.6 Å². The number of fused-ring (bicyclic) bond motifs is 2. The van der Waals surface area contributed by atoms with E-state index in [0.717, 1.165) is 30.8 Å².